The zero-order valence-corrected chi connectivity index (χ0v) is 11.0. The molecule has 0 heterocycles. The van der Waals surface area contributed by atoms with E-state index in [9.17, 15) is 0 Å². The van der Waals surface area contributed by atoms with Gasteiger partial charge in [-0.2, -0.15) is 0 Å². The highest BCUT2D eigenvalue weighted by atomic mass is 16.4. The first-order chi connectivity index (χ1) is 8.24. The van der Waals surface area contributed by atoms with Crippen LogP contribution in [0.2, 0.25) is 0 Å². The predicted octanol–water partition coefficient (Wildman–Crippen LogP) is 2.46. The van der Waals surface area contributed by atoms with Gasteiger partial charge in [0.05, 0.1) is 0 Å². The third-order valence-electron chi connectivity index (χ3n) is 3.81. The summed E-state index contributed by atoms with van der Waals surface area (Å²) in [6, 6.07) is 0.598. The van der Waals surface area contributed by atoms with Gasteiger partial charge < -0.3 is 16.3 Å². The summed E-state index contributed by atoms with van der Waals surface area (Å²) in [4.78, 5) is 0. The molecule has 1 rings (SSSR count). The van der Waals surface area contributed by atoms with Gasteiger partial charge >= 0.3 is 0 Å². The van der Waals surface area contributed by atoms with Crippen molar-refractivity contribution < 1.29 is 5.21 Å². The van der Waals surface area contributed by atoms with Crippen molar-refractivity contribution in [2.24, 2.45) is 16.8 Å². The normalized spacial score (nSPS) is 21.1. The Labute approximate surface area is 105 Å². The summed E-state index contributed by atoms with van der Waals surface area (Å²) < 4.78 is 0. The smallest absolute Gasteiger partial charge is 0.139 e. The lowest BCUT2D eigenvalue weighted by atomic mass is 9.93. The molecule has 1 aliphatic rings. The molecule has 4 N–H and O–H groups in total. The summed E-state index contributed by atoms with van der Waals surface area (Å²) in [6.07, 6.45) is 9.94. The van der Waals surface area contributed by atoms with Crippen molar-refractivity contribution in [3.8, 4) is 0 Å². The summed E-state index contributed by atoms with van der Waals surface area (Å²) in [5.41, 5.74) is 5.43. The first-order valence-electron chi connectivity index (χ1n) is 6.94. The van der Waals surface area contributed by atoms with Crippen LogP contribution in [0.25, 0.3) is 0 Å². The molecule has 0 aromatic carbocycles. The molecule has 4 heteroatoms. The Balaban J connectivity index is 2.12. The van der Waals surface area contributed by atoms with Crippen molar-refractivity contribution >= 4 is 5.84 Å². The molecule has 0 unspecified atom stereocenters. The van der Waals surface area contributed by atoms with E-state index in [0.717, 1.165) is 18.9 Å². The van der Waals surface area contributed by atoms with Gasteiger partial charge in [-0.3, -0.25) is 0 Å². The second kappa shape index (κ2) is 8.34. The highest BCUT2D eigenvalue weighted by Crippen LogP contribution is 2.25. The summed E-state index contributed by atoms with van der Waals surface area (Å²) in [6.45, 7) is 3.24. The lowest BCUT2D eigenvalue weighted by molar-refractivity contribution is 0.316. The third-order valence-corrected chi connectivity index (χ3v) is 3.81. The highest BCUT2D eigenvalue weighted by molar-refractivity contribution is 5.79. The number of rotatable bonds is 6. The molecule has 1 atom stereocenters. The van der Waals surface area contributed by atoms with Crippen molar-refractivity contribution in [2.75, 3.05) is 6.54 Å². The molecule has 0 aromatic heterocycles. The van der Waals surface area contributed by atoms with Gasteiger partial charge in [-0.05, 0) is 38.6 Å². The van der Waals surface area contributed by atoms with Gasteiger partial charge in [-0.1, -0.05) is 30.8 Å². The minimum Gasteiger partial charge on any atom is -0.409 e. The van der Waals surface area contributed by atoms with E-state index < -0.39 is 0 Å². The maximum Gasteiger partial charge on any atom is 0.139 e. The molecule has 1 saturated carbocycles. The fraction of sp³-hybridized carbons (Fsp3) is 0.923. The maximum atomic E-state index is 8.42. The van der Waals surface area contributed by atoms with Crippen LogP contribution in [0.15, 0.2) is 5.16 Å². The fourth-order valence-electron chi connectivity index (χ4n) is 2.63. The lowest BCUT2D eigenvalue weighted by Gasteiger charge is -2.23. The van der Waals surface area contributed by atoms with E-state index in [1.54, 1.807) is 0 Å². The molecule has 0 aliphatic heterocycles. The molecule has 0 amide bonds. The van der Waals surface area contributed by atoms with E-state index in [2.05, 4.69) is 17.4 Å². The number of nitrogens with one attached hydrogen (secondary N) is 1. The molecule has 0 aromatic rings. The highest BCUT2D eigenvalue weighted by Gasteiger charge is 2.18. The van der Waals surface area contributed by atoms with Gasteiger partial charge in [0.25, 0.3) is 0 Å². The van der Waals surface area contributed by atoms with Crippen molar-refractivity contribution in [1.29, 1.82) is 0 Å². The van der Waals surface area contributed by atoms with Crippen LogP contribution in [0.4, 0.5) is 0 Å². The number of hydrogen-bond donors (Lipinski definition) is 3. The number of oxime groups is 1. The molecule has 0 spiro atoms. The van der Waals surface area contributed by atoms with Crippen molar-refractivity contribution in [2.45, 2.75) is 64.3 Å². The Morgan fingerprint density at radius 3 is 2.59 bits per heavy atom. The zero-order chi connectivity index (χ0) is 12.5. The second-order valence-electron chi connectivity index (χ2n) is 5.19. The Bertz CT molecular complexity index is 223. The van der Waals surface area contributed by atoms with Gasteiger partial charge in [0, 0.05) is 12.5 Å². The van der Waals surface area contributed by atoms with E-state index in [1.165, 1.54) is 38.5 Å². The molecule has 0 saturated heterocycles. The zero-order valence-electron chi connectivity index (χ0n) is 11.0. The van der Waals surface area contributed by atoms with Gasteiger partial charge in [0.15, 0.2) is 0 Å². The van der Waals surface area contributed by atoms with Crippen LogP contribution < -0.4 is 11.1 Å². The molecule has 100 valence electrons. The van der Waals surface area contributed by atoms with Crippen LogP contribution in [0.1, 0.15) is 58.3 Å². The quantitative estimate of drug-likeness (QED) is 0.167. The van der Waals surface area contributed by atoms with Crippen molar-refractivity contribution in [3.05, 3.63) is 0 Å². The number of nitrogens with zero attached hydrogens (tertiary/aromatic N) is 1. The lowest BCUT2D eigenvalue weighted by Crippen LogP contribution is -2.34. The topological polar surface area (TPSA) is 70.6 Å². The van der Waals surface area contributed by atoms with E-state index in [1.807, 2.05) is 0 Å². The maximum absolute atomic E-state index is 8.42. The van der Waals surface area contributed by atoms with Crippen LogP contribution in [-0.2, 0) is 0 Å². The predicted molar refractivity (Wildman–Crippen MR) is 71.3 cm³/mol. The molecule has 4 nitrogen and oxygen atoms in total. The molecular formula is C13H27N3O. The molecule has 1 aliphatic carbocycles. The largest absolute Gasteiger partial charge is 0.409 e. The number of hydrogen-bond acceptors (Lipinski definition) is 3. The van der Waals surface area contributed by atoms with Gasteiger partial charge in [-0.25, -0.2) is 0 Å². The molecular weight excluding hydrogens is 214 g/mol. The Morgan fingerprint density at radius 1 is 1.35 bits per heavy atom. The Kier molecular flexibility index (Phi) is 7.01. The SMILES string of the molecule is C[C@@H](NCCCC(N)=NO)C1CCCCCC1. The van der Waals surface area contributed by atoms with E-state index in [4.69, 9.17) is 10.9 Å². The molecule has 1 fully saturated rings. The molecule has 17 heavy (non-hydrogen) atoms. The fourth-order valence-corrected chi connectivity index (χ4v) is 2.63. The molecule has 0 radical (unpaired) electrons. The van der Waals surface area contributed by atoms with Gasteiger partial charge in [0.1, 0.15) is 5.84 Å². The average molecular weight is 241 g/mol. The standard InChI is InChI=1S/C13H27N3O/c1-11(12-7-4-2-3-5-8-12)15-10-6-9-13(14)16-17/h11-12,15,17H,2-10H2,1H3,(H2,14,16)/t11-/m1/s1. The van der Waals surface area contributed by atoms with Crippen molar-refractivity contribution in [3.63, 3.8) is 0 Å². The van der Waals surface area contributed by atoms with Crippen LogP contribution >= 0.6 is 0 Å². The summed E-state index contributed by atoms with van der Waals surface area (Å²) in [7, 11) is 0. The van der Waals surface area contributed by atoms with Crippen molar-refractivity contribution in [1.82, 2.24) is 5.32 Å². The Morgan fingerprint density at radius 2 is 2.00 bits per heavy atom. The van der Waals surface area contributed by atoms with E-state index >= 15 is 0 Å². The first-order valence-corrected chi connectivity index (χ1v) is 6.94. The van der Waals surface area contributed by atoms with Crippen LogP contribution in [0.5, 0.6) is 0 Å². The second-order valence-corrected chi connectivity index (χ2v) is 5.19. The average Bonchev–Trinajstić information content (AvgIpc) is 2.62. The minimum absolute atomic E-state index is 0.328. The Hall–Kier alpha value is -0.770. The van der Waals surface area contributed by atoms with Crippen LogP contribution in [0, 0.1) is 5.92 Å². The third kappa shape index (κ3) is 5.91. The van der Waals surface area contributed by atoms with Gasteiger partial charge in [0.2, 0.25) is 0 Å². The number of nitrogens with two attached hydrogens (primary N) is 1. The first kappa shape index (κ1) is 14.3. The van der Waals surface area contributed by atoms with Crippen LogP contribution in [0.3, 0.4) is 0 Å². The van der Waals surface area contributed by atoms with Gasteiger partial charge in [-0.15, -0.1) is 0 Å². The van der Waals surface area contributed by atoms with E-state index in [0.29, 0.717) is 18.3 Å². The summed E-state index contributed by atoms with van der Waals surface area (Å²) in [5.74, 6) is 1.16. The summed E-state index contributed by atoms with van der Waals surface area (Å²) >= 11 is 0. The minimum atomic E-state index is 0.328. The van der Waals surface area contributed by atoms with Crippen LogP contribution in [-0.4, -0.2) is 23.6 Å². The van der Waals surface area contributed by atoms with E-state index in [-0.39, 0.29) is 0 Å². The number of amidine groups is 1. The monoisotopic (exact) mass is 241 g/mol. The summed E-state index contributed by atoms with van der Waals surface area (Å²) in [5, 5.41) is 15.0. The molecule has 0 bridgehead atoms.